The number of carboxylic acids is 1. The summed E-state index contributed by atoms with van der Waals surface area (Å²) in [6, 6.07) is 0. The van der Waals surface area contributed by atoms with Crippen molar-refractivity contribution in [3.8, 4) is 0 Å². The van der Waals surface area contributed by atoms with Crippen LogP contribution in [-0.4, -0.2) is 48.8 Å². The van der Waals surface area contributed by atoms with E-state index in [9.17, 15) is 15.0 Å². The average Bonchev–Trinajstić information content (AvgIpc) is 2.66. The standard InChI is InChI=1S/C26H53NO3/c1-4-5-6-7-8-9-10-11-12-13-14-15-16-17-18-19-21-25(28)24-27(2,3)23-20-22-26(29)30/h25,28H,4-24H2,1-3H3. The summed E-state index contributed by atoms with van der Waals surface area (Å²) < 4.78 is 0.674. The molecular weight excluding hydrogens is 374 g/mol. The Kier molecular flexibility index (Phi) is 19.9. The molecule has 0 rings (SSSR count). The molecule has 0 radical (unpaired) electrons. The molecule has 0 aliphatic heterocycles. The normalized spacial score (nSPS) is 12.9. The van der Waals surface area contributed by atoms with Gasteiger partial charge in [0.25, 0.3) is 0 Å². The van der Waals surface area contributed by atoms with Crippen molar-refractivity contribution in [2.24, 2.45) is 0 Å². The first kappa shape index (κ1) is 29.4. The van der Waals surface area contributed by atoms with Crippen LogP contribution in [0.15, 0.2) is 0 Å². The molecule has 0 amide bonds. The van der Waals surface area contributed by atoms with Gasteiger partial charge in [-0.15, -0.1) is 0 Å². The third-order valence-electron chi connectivity index (χ3n) is 6.24. The summed E-state index contributed by atoms with van der Waals surface area (Å²) in [4.78, 5) is 10.5. The molecule has 0 aromatic carbocycles. The molecule has 0 aromatic rings. The van der Waals surface area contributed by atoms with E-state index in [1.165, 1.54) is 96.3 Å². The van der Waals surface area contributed by atoms with Gasteiger partial charge in [-0.1, -0.05) is 110 Å². The molecule has 0 aliphatic rings. The fraction of sp³-hybridized carbons (Fsp3) is 0.962. The predicted octanol–water partition coefficient (Wildman–Crippen LogP) is 5.61. The quantitative estimate of drug-likeness (QED) is 0.170. The van der Waals surface area contributed by atoms with Crippen LogP contribution in [0, 0.1) is 0 Å². The third kappa shape index (κ3) is 22.1. The first-order valence-electron chi connectivity index (χ1n) is 13.1. The van der Waals surface area contributed by atoms with Crippen LogP contribution >= 0.6 is 0 Å². The number of quaternary nitrogens is 1. The lowest BCUT2D eigenvalue weighted by atomic mass is 10.0. The fourth-order valence-electron chi connectivity index (χ4n) is 4.33. The van der Waals surface area contributed by atoms with Gasteiger partial charge in [-0.25, -0.2) is 0 Å². The number of likely N-dealkylation sites (N-methyl/N-ethyl adjacent to an activating group) is 1. The molecule has 0 aromatic heterocycles. The van der Waals surface area contributed by atoms with Crippen molar-refractivity contribution >= 4 is 5.97 Å². The molecule has 1 atom stereocenters. The largest absolute Gasteiger partial charge is 0.550 e. The lowest BCUT2D eigenvalue weighted by Crippen LogP contribution is -2.46. The number of unbranched alkanes of at least 4 members (excludes halogenated alkanes) is 15. The van der Waals surface area contributed by atoms with Crippen LogP contribution in [0.5, 0.6) is 0 Å². The zero-order valence-electron chi connectivity index (χ0n) is 20.6. The Morgan fingerprint density at radius 2 is 1.13 bits per heavy atom. The van der Waals surface area contributed by atoms with Crippen LogP contribution in [0.3, 0.4) is 0 Å². The molecule has 0 aliphatic carbocycles. The minimum Gasteiger partial charge on any atom is -0.550 e. The monoisotopic (exact) mass is 427 g/mol. The minimum atomic E-state index is -0.983. The van der Waals surface area contributed by atoms with Gasteiger partial charge in [-0.3, -0.25) is 0 Å². The van der Waals surface area contributed by atoms with Crippen molar-refractivity contribution in [2.75, 3.05) is 27.2 Å². The van der Waals surface area contributed by atoms with E-state index in [-0.39, 0.29) is 12.5 Å². The Bertz CT molecular complexity index is 384. The lowest BCUT2D eigenvalue weighted by molar-refractivity contribution is -0.893. The second-order valence-electron chi connectivity index (χ2n) is 10.1. The van der Waals surface area contributed by atoms with Crippen LogP contribution in [0.2, 0.25) is 0 Å². The summed E-state index contributed by atoms with van der Waals surface area (Å²) in [7, 11) is 4.12. The van der Waals surface area contributed by atoms with Crippen molar-refractivity contribution < 1.29 is 19.5 Å². The number of rotatable bonds is 23. The van der Waals surface area contributed by atoms with Crippen LogP contribution < -0.4 is 5.11 Å². The number of hydrogen-bond donors (Lipinski definition) is 1. The SMILES string of the molecule is CCCCCCCCCCCCCCCCCCC(O)C[N+](C)(C)CCCC(=O)[O-]. The second-order valence-corrected chi connectivity index (χ2v) is 10.1. The fourth-order valence-corrected chi connectivity index (χ4v) is 4.33. The number of hydrogen-bond acceptors (Lipinski definition) is 3. The molecule has 1 unspecified atom stereocenters. The number of aliphatic hydroxyl groups excluding tert-OH is 1. The maximum Gasteiger partial charge on any atom is 0.105 e. The molecule has 0 heterocycles. The molecule has 4 nitrogen and oxygen atoms in total. The van der Waals surface area contributed by atoms with Gasteiger partial charge in [-0.2, -0.15) is 0 Å². The molecule has 0 saturated carbocycles. The molecular formula is C26H53NO3. The lowest BCUT2D eigenvalue weighted by Gasteiger charge is -2.32. The van der Waals surface area contributed by atoms with Gasteiger partial charge < -0.3 is 19.5 Å². The van der Waals surface area contributed by atoms with Crippen molar-refractivity contribution in [1.82, 2.24) is 0 Å². The number of carbonyl (C=O) groups excluding carboxylic acids is 1. The Labute approximate surface area is 188 Å². The molecule has 0 bridgehead atoms. The number of aliphatic carboxylic acids is 1. The molecule has 1 N–H and O–H groups in total. The average molecular weight is 428 g/mol. The Morgan fingerprint density at radius 1 is 0.733 bits per heavy atom. The maximum absolute atomic E-state index is 10.5. The summed E-state index contributed by atoms with van der Waals surface area (Å²) in [5.74, 6) is -0.983. The maximum atomic E-state index is 10.5. The molecule has 0 fully saturated rings. The molecule has 0 spiro atoms. The van der Waals surface area contributed by atoms with Crippen LogP contribution in [0.25, 0.3) is 0 Å². The van der Waals surface area contributed by atoms with Gasteiger partial charge in [0.05, 0.1) is 20.6 Å². The highest BCUT2D eigenvalue weighted by atomic mass is 16.4. The van der Waals surface area contributed by atoms with E-state index < -0.39 is 5.97 Å². The van der Waals surface area contributed by atoms with Crippen molar-refractivity contribution in [3.05, 3.63) is 0 Å². The summed E-state index contributed by atoms with van der Waals surface area (Å²) >= 11 is 0. The van der Waals surface area contributed by atoms with Gasteiger partial charge in [0.1, 0.15) is 12.6 Å². The van der Waals surface area contributed by atoms with E-state index in [4.69, 9.17) is 0 Å². The number of carboxylic acid groups (broad SMARTS) is 1. The van der Waals surface area contributed by atoms with Crippen LogP contribution in [-0.2, 0) is 4.79 Å². The Balaban J connectivity index is 3.36. The van der Waals surface area contributed by atoms with Gasteiger partial charge in [0.15, 0.2) is 0 Å². The highest BCUT2D eigenvalue weighted by molar-refractivity contribution is 5.64. The van der Waals surface area contributed by atoms with E-state index in [0.29, 0.717) is 17.4 Å². The first-order valence-corrected chi connectivity index (χ1v) is 13.1. The smallest absolute Gasteiger partial charge is 0.105 e. The van der Waals surface area contributed by atoms with Gasteiger partial charge >= 0.3 is 0 Å². The molecule has 4 heteroatoms. The first-order chi connectivity index (χ1) is 14.4. The summed E-state index contributed by atoms with van der Waals surface area (Å²) in [6.07, 6.45) is 23.1. The van der Waals surface area contributed by atoms with E-state index >= 15 is 0 Å². The third-order valence-corrected chi connectivity index (χ3v) is 6.24. The summed E-state index contributed by atoms with van der Waals surface area (Å²) in [5.41, 5.74) is 0. The molecule has 180 valence electrons. The van der Waals surface area contributed by atoms with E-state index in [2.05, 4.69) is 21.0 Å². The highest BCUT2D eigenvalue weighted by Crippen LogP contribution is 2.15. The van der Waals surface area contributed by atoms with Crippen molar-refractivity contribution in [1.29, 1.82) is 0 Å². The van der Waals surface area contributed by atoms with Crippen molar-refractivity contribution in [3.63, 3.8) is 0 Å². The van der Waals surface area contributed by atoms with Gasteiger partial charge in [-0.05, 0) is 12.8 Å². The second kappa shape index (κ2) is 20.3. The number of nitrogens with zero attached hydrogens (tertiary/aromatic N) is 1. The van der Waals surface area contributed by atoms with Gasteiger partial charge in [0.2, 0.25) is 0 Å². The van der Waals surface area contributed by atoms with Crippen molar-refractivity contribution in [2.45, 2.75) is 135 Å². The molecule has 30 heavy (non-hydrogen) atoms. The van der Waals surface area contributed by atoms with E-state index in [1.54, 1.807) is 0 Å². The zero-order valence-corrected chi connectivity index (χ0v) is 20.6. The zero-order chi connectivity index (χ0) is 22.5. The minimum absolute atomic E-state index is 0.108. The molecule has 0 saturated heterocycles. The topological polar surface area (TPSA) is 60.4 Å². The highest BCUT2D eigenvalue weighted by Gasteiger charge is 2.19. The van der Waals surface area contributed by atoms with Gasteiger partial charge in [0, 0.05) is 12.4 Å². The van der Waals surface area contributed by atoms with Crippen LogP contribution in [0.1, 0.15) is 129 Å². The summed E-state index contributed by atoms with van der Waals surface area (Å²) in [6.45, 7) is 3.75. The number of aliphatic hydroxyl groups is 1. The number of carbonyl (C=O) groups is 1. The predicted molar refractivity (Wildman–Crippen MR) is 126 cm³/mol. The Hall–Kier alpha value is -0.610. The van der Waals surface area contributed by atoms with Crippen LogP contribution in [0.4, 0.5) is 0 Å². The summed E-state index contributed by atoms with van der Waals surface area (Å²) in [5, 5.41) is 20.8. The van der Waals surface area contributed by atoms with E-state index in [0.717, 1.165) is 19.4 Å². The Morgan fingerprint density at radius 3 is 1.53 bits per heavy atom. The van der Waals surface area contributed by atoms with E-state index in [1.807, 2.05) is 0 Å².